The van der Waals surface area contributed by atoms with E-state index in [1.807, 2.05) is 66.1 Å². The lowest BCUT2D eigenvalue weighted by Gasteiger charge is -2.12. The summed E-state index contributed by atoms with van der Waals surface area (Å²) in [6.07, 6.45) is 3.44. The second kappa shape index (κ2) is 9.62. The molecule has 5 rings (SSSR count). The normalized spacial score (nSPS) is 11.0. The molecule has 0 spiro atoms. The first-order valence-corrected chi connectivity index (χ1v) is 12.2. The Bertz CT molecular complexity index is 1470. The molecule has 0 saturated carbocycles. The Morgan fingerprint density at radius 1 is 1.12 bits per heavy atom. The summed E-state index contributed by atoms with van der Waals surface area (Å²) >= 11 is 2.73. The molecule has 0 aliphatic carbocycles. The quantitative estimate of drug-likeness (QED) is 0.323. The van der Waals surface area contributed by atoms with Crippen LogP contribution in [0.15, 0.2) is 72.1 Å². The third kappa shape index (κ3) is 4.50. The van der Waals surface area contributed by atoms with Crippen molar-refractivity contribution in [1.29, 1.82) is 0 Å². The predicted octanol–water partition coefficient (Wildman–Crippen LogP) is 4.99. The molecular weight excluding hydrogens is 468 g/mol. The van der Waals surface area contributed by atoms with E-state index in [0.29, 0.717) is 16.1 Å². The van der Waals surface area contributed by atoms with E-state index < -0.39 is 0 Å². The molecular formula is C24H20N6O2S2. The Balaban J connectivity index is 1.38. The lowest BCUT2D eigenvalue weighted by atomic mass is 10.2. The van der Waals surface area contributed by atoms with Gasteiger partial charge in [-0.25, -0.2) is 4.98 Å². The minimum Gasteiger partial charge on any atom is -0.497 e. The van der Waals surface area contributed by atoms with Crippen LogP contribution >= 0.6 is 23.1 Å². The van der Waals surface area contributed by atoms with Gasteiger partial charge in [-0.2, -0.15) is 0 Å². The molecule has 1 N–H and O–H groups in total. The zero-order valence-corrected chi connectivity index (χ0v) is 20.1. The molecule has 0 fully saturated rings. The minimum absolute atomic E-state index is 0.166. The first kappa shape index (κ1) is 22.1. The fourth-order valence-electron chi connectivity index (χ4n) is 3.45. The van der Waals surface area contributed by atoms with Crippen molar-refractivity contribution in [2.45, 2.75) is 12.1 Å². The van der Waals surface area contributed by atoms with Gasteiger partial charge in [0.05, 0.1) is 28.8 Å². The van der Waals surface area contributed by atoms with E-state index in [1.54, 1.807) is 19.5 Å². The van der Waals surface area contributed by atoms with Crippen LogP contribution < -0.4 is 10.1 Å². The highest BCUT2D eigenvalue weighted by Gasteiger charge is 2.19. The molecule has 0 saturated heterocycles. The molecule has 0 radical (unpaired) electrons. The number of aryl methyl sites for hydroxylation is 1. The Labute approximate surface area is 204 Å². The second-order valence-corrected chi connectivity index (χ2v) is 9.33. The maximum Gasteiger partial charge on any atom is 0.236 e. The molecule has 170 valence electrons. The van der Waals surface area contributed by atoms with Crippen molar-refractivity contribution in [2.75, 3.05) is 18.2 Å². The number of nitrogens with one attached hydrogen (secondary N) is 1. The number of hydrogen-bond donors (Lipinski definition) is 1. The van der Waals surface area contributed by atoms with Crippen LogP contribution in [-0.2, 0) is 4.79 Å². The van der Waals surface area contributed by atoms with Crippen molar-refractivity contribution in [3.8, 4) is 22.8 Å². The average molecular weight is 489 g/mol. The average Bonchev–Trinajstić information content (AvgIpc) is 3.46. The van der Waals surface area contributed by atoms with E-state index in [0.717, 1.165) is 32.8 Å². The summed E-state index contributed by atoms with van der Waals surface area (Å²) in [5, 5.41) is 12.9. The van der Waals surface area contributed by atoms with Crippen LogP contribution in [0.1, 0.15) is 5.56 Å². The van der Waals surface area contributed by atoms with Gasteiger partial charge in [0.1, 0.15) is 5.75 Å². The highest BCUT2D eigenvalue weighted by molar-refractivity contribution is 7.99. The minimum atomic E-state index is -0.166. The van der Waals surface area contributed by atoms with Crippen molar-refractivity contribution in [2.24, 2.45) is 0 Å². The molecule has 5 aromatic rings. The molecule has 8 nitrogen and oxygen atoms in total. The lowest BCUT2D eigenvalue weighted by Crippen LogP contribution is -2.14. The number of amides is 1. The van der Waals surface area contributed by atoms with Gasteiger partial charge in [0.25, 0.3) is 0 Å². The number of fused-ring (bicyclic) bond motifs is 1. The second-order valence-electron chi connectivity index (χ2n) is 7.35. The molecule has 0 bridgehead atoms. The van der Waals surface area contributed by atoms with Crippen LogP contribution in [0.5, 0.6) is 5.75 Å². The number of anilines is 1. The van der Waals surface area contributed by atoms with Crippen molar-refractivity contribution in [3.63, 3.8) is 0 Å². The van der Waals surface area contributed by atoms with Crippen molar-refractivity contribution >= 4 is 44.4 Å². The van der Waals surface area contributed by atoms with Crippen LogP contribution in [0.3, 0.4) is 0 Å². The van der Waals surface area contributed by atoms with Gasteiger partial charge in [0, 0.05) is 18.0 Å². The number of para-hydroxylation sites is 1. The van der Waals surface area contributed by atoms with Gasteiger partial charge >= 0.3 is 0 Å². The number of carbonyl (C=O) groups excluding carboxylic acids is 1. The summed E-state index contributed by atoms with van der Waals surface area (Å²) in [6.45, 7) is 2.04. The van der Waals surface area contributed by atoms with Gasteiger partial charge in [-0.15, -0.1) is 10.2 Å². The Morgan fingerprint density at radius 2 is 1.94 bits per heavy atom. The van der Waals surface area contributed by atoms with E-state index >= 15 is 0 Å². The molecule has 1 amide bonds. The van der Waals surface area contributed by atoms with Gasteiger partial charge in [-0.1, -0.05) is 41.3 Å². The number of thioether (sulfide) groups is 1. The summed E-state index contributed by atoms with van der Waals surface area (Å²) in [5.74, 6) is 1.45. The summed E-state index contributed by atoms with van der Waals surface area (Å²) in [4.78, 5) is 21.3. The Hall–Kier alpha value is -3.76. The third-order valence-electron chi connectivity index (χ3n) is 5.10. The molecule has 3 heterocycles. The molecule has 3 aromatic heterocycles. The number of methoxy groups -OCH3 is 1. The van der Waals surface area contributed by atoms with Crippen molar-refractivity contribution in [3.05, 3.63) is 72.6 Å². The Morgan fingerprint density at radius 3 is 2.74 bits per heavy atom. The van der Waals surface area contributed by atoms with E-state index in [1.165, 1.54) is 23.1 Å². The zero-order valence-electron chi connectivity index (χ0n) is 18.4. The van der Waals surface area contributed by atoms with Gasteiger partial charge in [-0.3, -0.25) is 14.3 Å². The maximum atomic E-state index is 12.7. The number of ether oxygens (including phenoxy) is 1. The maximum absolute atomic E-state index is 12.7. The molecule has 0 aliphatic rings. The highest BCUT2D eigenvalue weighted by atomic mass is 32.2. The van der Waals surface area contributed by atoms with Gasteiger partial charge < -0.3 is 10.1 Å². The number of hydrogen-bond acceptors (Lipinski definition) is 8. The summed E-state index contributed by atoms with van der Waals surface area (Å²) in [7, 11) is 1.62. The molecule has 10 heteroatoms. The number of benzene rings is 2. The topological polar surface area (TPSA) is 94.8 Å². The van der Waals surface area contributed by atoms with Gasteiger partial charge in [0.15, 0.2) is 16.1 Å². The third-order valence-corrected chi connectivity index (χ3v) is 6.97. The van der Waals surface area contributed by atoms with E-state index in [9.17, 15) is 4.79 Å². The summed E-state index contributed by atoms with van der Waals surface area (Å²) < 4.78 is 8.19. The van der Waals surface area contributed by atoms with E-state index in [2.05, 4.69) is 25.5 Å². The fraction of sp³-hybridized carbons (Fsp3) is 0.125. The predicted molar refractivity (Wildman–Crippen MR) is 135 cm³/mol. The number of carbonyl (C=O) groups is 1. The van der Waals surface area contributed by atoms with Crippen LogP contribution in [0.2, 0.25) is 0 Å². The first-order valence-electron chi connectivity index (χ1n) is 10.4. The highest BCUT2D eigenvalue weighted by Crippen LogP contribution is 2.31. The molecule has 0 unspecified atom stereocenters. The zero-order chi connectivity index (χ0) is 23.5. The Kier molecular flexibility index (Phi) is 6.24. The summed E-state index contributed by atoms with van der Waals surface area (Å²) in [5.41, 5.74) is 3.75. The van der Waals surface area contributed by atoms with E-state index in [4.69, 9.17) is 4.74 Å². The van der Waals surface area contributed by atoms with Crippen LogP contribution in [0.25, 0.3) is 27.3 Å². The number of rotatable bonds is 7. The fourth-order valence-corrected chi connectivity index (χ4v) is 5.11. The number of pyridine rings is 1. The molecule has 34 heavy (non-hydrogen) atoms. The SMILES string of the molecule is COc1ccc2nc(NC(=O)CSc3nnc(-c4ccncc4)n3-c3ccccc3C)sc2c1. The first-order chi connectivity index (χ1) is 16.6. The molecule has 2 aromatic carbocycles. The number of nitrogens with zero attached hydrogens (tertiary/aromatic N) is 5. The number of aromatic nitrogens is 5. The van der Waals surface area contributed by atoms with E-state index in [-0.39, 0.29) is 11.7 Å². The number of thiazole rings is 1. The van der Waals surface area contributed by atoms with Gasteiger partial charge in [-0.05, 0) is 48.9 Å². The smallest absolute Gasteiger partial charge is 0.236 e. The lowest BCUT2D eigenvalue weighted by molar-refractivity contribution is -0.113. The monoisotopic (exact) mass is 488 g/mol. The summed E-state index contributed by atoms with van der Waals surface area (Å²) in [6, 6.07) is 17.4. The van der Waals surface area contributed by atoms with Crippen molar-refractivity contribution < 1.29 is 9.53 Å². The van der Waals surface area contributed by atoms with Crippen LogP contribution in [0, 0.1) is 6.92 Å². The molecule has 0 atom stereocenters. The van der Waals surface area contributed by atoms with Crippen molar-refractivity contribution in [1.82, 2.24) is 24.7 Å². The largest absolute Gasteiger partial charge is 0.497 e. The van der Waals surface area contributed by atoms with Crippen LogP contribution in [-0.4, -0.2) is 43.5 Å². The van der Waals surface area contributed by atoms with Gasteiger partial charge in [0.2, 0.25) is 5.91 Å². The van der Waals surface area contributed by atoms with Crippen LogP contribution in [0.4, 0.5) is 5.13 Å². The molecule has 0 aliphatic heterocycles. The standard InChI is InChI=1S/C24H20N6O2S2/c1-15-5-3-4-6-19(15)30-22(16-9-11-25-12-10-16)28-29-24(30)33-14-21(31)27-23-26-18-8-7-17(32-2)13-20(18)34-23/h3-13H,14H2,1-2H3,(H,26,27,31).